The monoisotopic (exact) mass is 333 g/mol. The van der Waals surface area contributed by atoms with Gasteiger partial charge in [0.05, 0.1) is 28.3 Å². The van der Waals surface area contributed by atoms with Gasteiger partial charge in [-0.05, 0) is 45.0 Å². The first-order valence-corrected chi connectivity index (χ1v) is 8.15. The predicted octanol–water partition coefficient (Wildman–Crippen LogP) is 2.16. The first-order valence-electron chi connectivity index (χ1n) is 6.82. The fourth-order valence-electron chi connectivity index (χ4n) is 1.56. The van der Waals surface area contributed by atoms with Crippen molar-refractivity contribution in [2.24, 2.45) is 0 Å². The second-order valence-electron chi connectivity index (χ2n) is 6.88. The molecular weight excluding hydrogens is 306 g/mol. The van der Waals surface area contributed by atoms with Gasteiger partial charge in [-0.1, -0.05) is 0 Å². The molecule has 128 valence electrons. The minimum absolute atomic E-state index is 0.123. The molecule has 0 aromatic heterocycles. The zero-order chi connectivity index (χ0) is 17.6. The van der Waals surface area contributed by atoms with Gasteiger partial charge < -0.3 is 13.8 Å². The Morgan fingerprint density at radius 2 is 1.50 bits per heavy atom. The van der Waals surface area contributed by atoms with E-state index >= 15 is 0 Å². The van der Waals surface area contributed by atoms with Crippen molar-refractivity contribution in [2.45, 2.75) is 32.9 Å². The van der Waals surface area contributed by atoms with Gasteiger partial charge in [0.25, 0.3) is 0 Å². The summed E-state index contributed by atoms with van der Waals surface area (Å²) >= 11 is 0. The molecule has 0 spiro atoms. The van der Waals surface area contributed by atoms with Crippen LogP contribution in [0.4, 0.5) is 0 Å². The Bertz CT molecular complexity index is 504. The lowest BCUT2D eigenvalue weighted by molar-refractivity contribution is -0.884. The Morgan fingerprint density at radius 3 is 1.77 bits per heavy atom. The zero-order valence-electron chi connectivity index (χ0n) is 14.4. The van der Waals surface area contributed by atoms with Crippen molar-refractivity contribution in [3.63, 3.8) is 0 Å². The molecule has 22 heavy (non-hydrogen) atoms. The molecule has 1 aromatic carbocycles. The first-order chi connectivity index (χ1) is 9.72. The summed E-state index contributed by atoms with van der Waals surface area (Å²) in [5.74, 6) is 0.942. The van der Waals surface area contributed by atoms with Crippen LogP contribution < -0.4 is 4.74 Å². The highest BCUT2D eigenvalue weighted by Crippen LogP contribution is 2.19. The number of nitrogens with zero attached hydrogens (tertiary/aromatic N) is 1. The number of ether oxygens (including phenoxy) is 1. The van der Waals surface area contributed by atoms with E-state index in [1.54, 1.807) is 0 Å². The van der Waals surface area contributed by atoms with Gasteiger partial charge >= 0.3 is 0 Å². The van der Waals surface area contributed by atoms with E-state index in [0.717, 1.165) is 23.9 Å². The summed E-state index contributed by atoms with van der Waals surface area (Å²) in [6.45, 7) is 7.22. The molecule has 0 amide bonds. The van der Waals surface area contributed by atoms with E-state index in [4.69, 9.17) is 4.74 Å². The largest absolute Gasteiger partial charge is 0.726 e. The van der Waals surface area contributed by atoms with Gasteiger partial charge in [0.15, 0.2) is 0 Å². The summed E-state index contributed by atoms with van der Waals surface area (Å²) in [4.78, 5) is 0. The van der Waals surface area contributed by atoms with Crippen molar-refractivity contribution in [2.75, 3.05) is 28.3 Å². The number of hydrogen-bond acceptors (Lipinski definition) is 5. The van der Waals surface area contributed by atoms with E-state index in [1.165, 1.54) is 5.56 Å². The lowest BCUT2D eigenvalue weighted by atomic mass is 10.1. The molecule has 0 aliphatic rings. The number of benzene rings is 1. The number of rotatable bonds is 4. The second kappa shape index (κ2) is 7.92. The molecule has 0 fully saturated rings. The SMILES string of the molecule is CC(C)(C)Oc1ccc(C[N+](C)(C)C)cc1.COS(=O)(=O)[O-]. The fraction of sp³-hybridized carbons (Fsp3) is 0.600. The number of hydrogen-bond donors (Lipinski definition) is 0. The lowest BCUT2D eigenvalue weighted by Gasteiger charge is -2.24. The van der Waals surface area contributed by atoms with Gasteiger partial charge in [-0.15, -0.1) is 0 Å². The normalized spacial score (nSPS) is 12.4. The third-order valence-corrected chi connectivity index (χ3v) is 2.62. The van der Waals surface area contributed by atoms with Crippen LogP contribution in [-0.2, 0) is 21.1 Å². The highest BCUT2D eigenvalue weighted by atomic mass is 32.3. The lowest BCUT2D eigenvalue weighted by Crippen LogP contribution is -2.33. The summed E-state index contributed by atoms with van der Waals surface area (Å²) in [5.41, 5.74) is 1.22. The quantitative estimate of drug-likeness (QED) is 0.479. The zero-order valence-corrected chi connectivity index (χ0v) is 15.2. The topological polar surface area (TPSA) is 75.7 Å². The van der Waals surface area contributed by atoms with Crippen molar-refractivity contribution in [3.05, 3.63) is 29.8 Å². The molecule has 0 saturated carbocycles. The molecule has 0 saturated heterocycles. The van der Waals surface area contributed by atoms with Crippen LogP contribution in [-0.4, -0.2) is 51.3 Å². The van der Waals surface area contributed by atoms with Crippen molar-refractivity contribution >= 4 is 10.4 Å². The van der Waals surface area contributed by atoms with E-state index in [-0.39, 0.29) is 5.60 Å². The van der Waals surface area contributed by atoms with E-state index in [2.05, 4.69) is 70.4 Å². The minimum Gasteiger partial charge on any atom is -0.726 e. The van der Waals surface area contributed by atoms with Crippen LogP contribution in [0.3, 0.4) is 0 Å². The Morgan fingerprint density at radius 1 is 1.09 bits per heavy atom. The molecule has 7 heteroatoms. The van der Waals surface area contributed by atoms with E-state index in [1.807, 2.05) is 0 Å². The molecule has 0 aliphatic carbocycles. The molecule has 0 unspecified atom stereocenters. The van der Waals surface area contributed by atoms with Crippen LogP contribution in [0.5, 0.6) is 5.75 Å². The molecule has 1 aromatic rings. The average Bonchev–Trinajstić information content (AvgIpc) is 2.28. The Balaban J connectivity index is 0.000000626. The maximum Gasteiger partial charge on any atom is 0.217 e. The van der Waals surface area contributed by atoms with Gasteiger partial charge in [0.1, 0.15) is 17.9 Å². The molecule has 0 atom stereocenters. The third-order valence-electron chi connectivity index (χ3n) is 2.21. The van der Waals surface area contributed by atoms with Gasteiger partial charge in [-0.2, -0.15) is 0 Å². The van der Waals surface area contributed by atoms with Crippen LogP contribution in [0.15, 0.2) is 24.3 Å². The Hall–Kier alpha value is -1.15. The molecule has 0 radical (unpaired) electrons. The van der Waals surface area contributed by atoms with Crippen molar-refractivity contribution in [3.8, 4) is 5.75 Å². The molecule has 0 N–H and O–H groups in total. The van der Waals surface area contributed by atoms with E-state index < -0.39 is 10.4 Å². The van der Waals surface area contributed by atoms with Crippen molar-refractivity contribution in [1.82, 2.24) is 0 Å². The Kier molecular flexibility index (Phi) is 7.50. The van der Waals surface area contributed by atoms with Crippen LogP contribution in [0.2, 0.25) is 0 Å². The summed E-state index contributed by atoms with van der Waals surface area (Å²) < 4.78 is 37.7. The summed E-state index contributed by atoms with van der Waals surface area (Å²) in [7, 11) is 2.98. The van der Waals surface area contributed by atoms with Gasteiger partial charge in [0, 0.05) is 5.56 Å². The van der Waals surface area contributed by atoms with Gasteiger partial charge in [-0.3, -0.25) is 4.18 Å². The standard InChI is InChI=1S/C14H24NO.CH4O4S/c1-14(2,3)16-13-9-7-12(8-10-13)11-15(4,5)6;1-5-6(2,3)4/h7-10H,11H2,1-6H3;1H3,(H,2,3,4)/q+1;/p-1. The molecule has 1 rings (SSSR count). The van der Waals surface area contributed by atoms with Crippen LogP contribution in [0.1, 0.15) is 26.3 Å². The molecule has 0 heterocycles. The minimum atomic E-state index is -4.41. The predicted molar refractivity (Wildman–Crippen MR) is 85.3 cm³/mol. The highest BCUT2D eigenvalue weighted by Gasteiger charge is 2.12. The van der Waals surface area contributed by atoms with Crippen LogP contribution in [0, 0.1) is 0 Å². The van der Waals surface area contributed by atoms with E-state index in [9.17, 15) is 13.0 Å². The second-order valence-corrected chi connectivity index (χ2v) is 8.03. The summed E-state index contributed by atoms with van der Waals surface area (Å²) in [6.07, 6.45) is 0. The summed E-state index contributed by atoms with van der Waals surface area (Å²) in [5, 5.41) is 0. The molecule has 0 aliphatic heterocycles. The van der Waals surface area contributed by atoms with Crippen LogP contribution >= 0.6 is 0 Å². The van der Waals surface area contributed by atoms with Crippen molar-refractivity contribution in [1.29, 1.82) is 0 Å². The maximum absolute atomic E-state index is 9.22. The molecule has 0 bridgehead atoms. The van der Waals surface area contributed by atoms with Crippen molar-refractivity contribution < 1.29 is 26.4 Å². The van der Waals surface area contributed by atoms with Gasteiger partial charge in [0.2, 0.25) is 10.4 Å². The van der Waals surface area contributed by atoms with E-state index in [0.29, 0.717) is 0 Å². The third kappa shape index (κ3) is 12.6. The summed E-state index contributed by atoms with van der Waals surface area (Å²) in [6, 6.07) is 8.39. The maximum atomic E-state index is 9.22. The highest BCUT2D eigenvalue weighted by molar-refractivity contribution is 7.80. The van der Waals surface area contributed by atoms with Crippen LogP contribution in [0.25, 0.3) is 0 Å². The first kappa shape index (κ1) is 20.9. The van der Waals surface area contributed by atoms with Gasteiger partial charge in [-0.25, -0.2) is 8.42 Å². The fourth-order valence-corrected chi connectivity index (χ4v) is 1.56. The Labute approximate surface area is 134 Å². The molecular formula is C15H27NO5S. The smallest absolute Gasteiger partial charge is 0.217 e. The average molecular weight is 333 g/mol. The number of quaternary nitrogens is 1. The molecule has 6 nitrogen and oxygen atoms in total.